The van der Waals surface area contributed by atoms with Crippen molar-refractivity contribution in [2.45, 2.75) is 0 Å². The molecule has 1 heterocycles. The second-order valence-corrected chi connectivity index (χ2v) is 14.3. The molecule has 264 valence electrons. The van der Waals surface area contributed by atoms with Crippen LogP contribution in [0.1, 0.15) is 0 Å². The third kappa shape index (κ3) is 6.34. The lowest BCUT2D eigenvalue weighted by atomic mass is 9.96. The van der Waals surface area contributed by atoms with Crippen LogP contribution in [0.5, 0.6) is 0 Å². The zero-order valence-electron chi connectivity index (χ0n) is 30.8. The summed E-state index contributed by atoms with van der Waals surface area (Å²) in [4.78, 5) is 0. The first-order valence-corrected chi connectivity index (χ1v) is 19.2. The zero-order chi connectivity index (χ0) is 37.3. The van der Waals surface area contributed by atoms with Gasteiger partial charge in [-0.15, -0.1) is 0 Å². The van der Waals surface area contributed by atoms with Gasteiger partial charge in [0.25, 0.3) is 0 Å². The predicted octanol–water partition coefficient (Wildman–Crippen LogP) is 14.9. The van der Waals surface area contributed by atoms with Crippen LogP contribution in [0.25, 0.3) is 83.1 Å². The van der Waals surface area contributed by atoms with Gasteiger partial charge in [-0.3, -0.25) is 0 Å². The van der Waals surface area contributed by atoms with Gasteiger partial charge < -0.3 is 9.88 Å². The number of fused-ring (bicyclic) bond motifs is 3. The fourth-order valence-electron chi connectivity index (χ4n) is 7.96. The highest BCUT2D eigenvalue weighted by Crippen LogP contribution is 2.38. The largest absolute Gasteiger partial charge is 0.355 e. The van der Waals surface area contributed by atoms with Crippen LogP contribution < -0.4 is 5.32 Å². The molecular weight excluding hydrogens is 677 g/mol. The van der Waals surface area contributed by atoms with Crippen LogP contribution in [-0.4, -0.2) is 4.57 Å². The van der Waals surface area contributed by atoms with Crippen molar-refractivity contribution in [2.75, 3.05) is 5.32 Å². The van der Waals surface area contributed by atoms with Crippen LogP contribution in [-0.2, 0) is 0 Å². The normalized spacial score (nSPS) is 11.2. The third-order valence-corrected chi connectivity index (χ3v) is 10.8. The van der Waals surface area contributed by atoms with Crippen molar-refractivity contribution < 1.29 is 0 Å². The van der Waals surface area contributed by atoms with Gasteiger partial charge in [0, 0.05) is 33.4 Å². The Morgan fingerprint density at radius 1 is 0.286 bits per heavy atom. The molecule has 0 radical (unpaired) electrons. The van der Waals surface area contributed by atoms with Crippen molar-refractivity contribution in [1.29, 1.82) is 0 Å². The summed E-state index contributed by atoms with van der Waals surface area (Å²) in [7, 11) is 0. The quantitative estimate of drug-likeness (QED) is 0.166. The molecule has 0 aliphatic heterocycles. The summed E-state index contributed by atoms with van der Waals surface area (Å²) < 4.78 is 2.39. The Kier molecular flexibility index (Phi) is 8.55. The van der Waals surface area contributed by atoms with Crippen molar-refractivity contribution in [3.63, 3.8) is 0 Å². The van der Waals surface area contributed by atoms with Gasteiger partial charge in [0.1, 0.15) is 0 Å². The third-order valence-electron chi connectivity index (χ3n) is 10.8. The Morgan fingerprint density at radius 3 is 1.27 bits per heavy atom. The molecule has 2 nitrogen and oxygen atoms in total. The first kappa shape index (κ1) is 33.2. The van der Waals surface area contributed by atoms with E-state index in [9.17, 15) is 0 Å². The maximum atomic E-state index is 3.67. The summed E-state index contributed by atoms with van der Waals surface area (Å²) in [6.07, 6.45) is 0. The minimum Gasteiger partial charge on any atom is -0.355 e. The van der Waals surface area contributed by atoms with Crippen molar-refractivity contribution >= 4 is 33.2 Å². The number of nitrogens with one attached hydrogen (secondary N) is 1. The highest BCUT2D eigenvalue weighted by molar-refractivity contribution is 6.11. The SMILES string of the molecule is c1ccc(-c2cccc(-c3ccc(-c4ccc5c(c4)c4cc(-c6ccc(Nc7ccccc7-c7ccccc7)cc6)ccc4n5-c4ccccc4)cc3)c2)cc1. The molecule has 0 saturated heterocycles. The number of benzene rings is 9. The number of rotatable bonds is 8. The van der Waals surface area contributed by atoms with Gasteiger partial charge in [0.05, 0.1) is 11.0 Å². The molecule has 0 spiro atoms. The van der Waals surface area contributed by atoms with Crippen molar-refractivity contribution in [3.8, 4) is 61.3 Å². The Balaban J connectivity index is 0.997. The van der Waals surface area contributed by atoms with E-state index in [0.717, 1.165) is 17.1 Å². The maximum absolute atomic E-state index is 3.67. The Bertz CT molecular complexity index is 2940. The summed E-state index contributed by atoms with van der Waals surface area (Å²) in [6, 6.07) is 80.6. The molecular formula is C54H38N2. The van der Waals surface area contributed by atoms with Crippen molar-refractivity contribution in [2.24, 2.45) is 0 Å². The minimum absolute atomic E-state index is 1.05. The molecule has 1 N–H and O–H groups in total. The molecule has 0 fully saturated rings. The van der Waals surface area contributed by atoms with Crippen LogP contribution in [0.2, 0.25) is 0 Å². The summed E-state index contributed by atoms with van der Waals surface area (Å²) in [5.74, 6) is 0. The monoisotopic (exact) mass is 714 g/mol. The molecule has 10 aromatic rings. The van der Waals surface area contributed by atoms with E-state index < -0.39 is 0 Å². The Hall–Kier alpha value is -7.42. The maximum Gasteiger partial charge on any atom is 0.0541 e. The number of para-hydroxylation sites is 2. The van der Waals surface area contributed by atoms with Gasteiger partial charge in [-0.25, -0.2) is 0 Å². The van der Waals surface area contributed by atoms with Gasteiger partial charge >= 0.3 is 0 Å². The topological polar surface area (TPSA) is 17.0 Å². The standard InChI is InChI=1S/C54H38N2/c1-4-13-38(14-5-1)43-17-12-18-44(35-43)39-23-25-40(26-24-39)45-29-33-53-50(36-45)51-37-46(30-34-54(51)56(53)48-19-8-3-9-20-48)41-27-31-47(32-28-41)55-52-22-11-10-21-49(52)42-15-6-2-7-16-42/h1-37,55H. The smallest absolute Gasteiger partial charge is 0.0541 e. The lowest BCUT2D eigenvalue weighted by molar-refractivity contribution is 1.18. The van der Waals surface area contributed by atoms with Gasteiger partial charge in [-0.05, 0) is 111 Å². The summed E-state index contributed by atoms with van der Waals surface area (Å²) >= 11 is 0. The zero-order valence-corrected chi connectivity index (χ0v) is 30.8. The van der Waals surface area contributed by atoms with E-state index in [1.165, 1.54) is 77.4 Å². The molecule has 9 aromatic carbocycles. The molecule has 0 bridgehead atoms. The first-order valence-electron chi connectivity index (χ1n) is 19.2. The predicted molar refractivity (Wildman–Crippen MR) is 238 cm³/mol. The first-order chi connectivity index (χ1) is 27.7. The van der Waals surface area contributed by atoms with E-state index in [-0.39, 0.29) is 0 Å². The Morgan fingerprint density at radius 2 is 0.696 bits per heavy atom. The summed E-state index contributed by atoms with van der Waals surface area (Å²) in [6.45, 7) is 0. The molecule has 0 aliphatic rings. The fraction of sp³-hybridized carbons (Fsp3) is 0. The van der Waals surface area contributed by atoms with Crippen LogP contribution >= 0.6 is 0 Å². The van der Waals surface area contributed by atoms with E-state index in [4.69, 9.17) is 0 Å². The van der Waals surface area contributed by atoms with Crippen molar-refractivity contribution in [3.05, 3.63) is 224 Å². The highest BCUT2D eigenvalue weighted by atomic mass is 15.0. The number of aromatic nitrogens is 1. The molecule has 0 unspecified atom stereocenters. The second kappa shape index (κ2) is 14.4. The van der Waals surface area contributed by atoms with E-state index in [1.807, 2.05) is 0 Å². The van der Waals surface area contributed by atoms with Crippen LogP contribution in [0.15, 0.2) is 224 Å². The lowest BCUT2D eigenvalue weighted by Gasteiger charge is -2.13. The average Bonchev–Trinajstić information content (AvgIpc) is 3.61. The Labute approximate surface area is 327 Å². The molecule has 0 atom stereocenters. The summed E-state index contributed by atoms with van der Waals surface area (Å²) in [5.41, 5.74) is 17.7. The van der Waals surface area contributed by atoms with Gasteiger partial charge in [-0.2, -0.15) is 0 Å². The number of hydrogen-bond acceptors (Lipinski definition) is 1. The van der Waals surface area contributed by atoms with E-state index in [1.54, 1.807) is 0 Å². The molecule has 0 amide bonds. The molecule has 1 aromatic heterocycles. The van der Waals surface area contributed by atoms with Crippen molar-refractivity contribution in [1.82, 2.24) is 4.57 Å². The van der Waals surface area contributed by atoms with Crippen LogP contribution in [0.4, 0.5) is 11.4 Å². The second-order valence-electron chi connectivity index (χ2n) is 14.3. The molecule has 56 heavy (non-hydrogen) atoms. The van der Waals surface area contributed by atoms with Gasteiger partial charge in [-0.1, -0.05) is 164 Å². The minimum atomic E-state index is 1.05. The van der Waals surface area contributed by atoms with Crippen LogP contribution in [0.3, 0.4) is 0 Å². The summed E-state index contributed by atoms with van der Waals surface area (Å²) in [5, 5.41) is 6.13. The molecule has 0 saturated carbocycles. The van der Waals surface area contributed by atoms with E-state index >= 15 is 0 Å². The number of hydrogen-bond donors (Lipinski definition) is 1. The van der Waals surface area contributed by atoms with E-state index in [0.29, 0.717) is 0 Å². The van der Waals surface area contributed by atoms with Crippen LogP contribution in [0, 0.1) is 0 Å². The lowest BCUT2D eigenvalue weighted by Crippen LogP contribution is -1.93. The highest BCUT2D eigenvalue weighted by Gasteiger charge is 2.15. The van der Waals surface area contributed by atoms with E-state index in [2.05, 4.69) is 234 Å². The number of nitrogens with zero attached hydrogens (tertiary/aromatic N) is 1. The molecule has 2 heteroatoms. The van der Waals surface area contributed by atoms with Gasteiger partial charge in [0.2, 0.25) is 0 Å². The number of anilines is 2. The molecule has 0 aliphatic carbocycles. The van der Waals surface area contributed by atoms with Gasteiger partial charge in [0.15, 0.2) is 0 Å². The average molecular weight is 715 g/mol. The molecule has 10 rings (SSSR count). The fourth-order valence-corrected chi connectivity index (χ4v) is 7.96.